The van der Waals surface area contributed by atoms with Crippen LogP contribution in [0.15, 0.2) is 36.4 Å². The number of carbonyl (C=O) groups is 2. The molecule has 0 radical (unpaired) electrons. The minimum absolute atomic E-state index is 0.299. The minimum Gasteiger partial charge on any atom is -0.449 e. The van der Waals surface area contributed by atoms with E-state index in [4.69, 9.17) is 16.3 Å². The zero-order valence-electron chi connectivity index (χ0n) is 13.6. The largest absolute Gasteiger partial charge is 0.449 e. The zero-order valence-corrected chi connectivity index (χ0v) is 14.4. The molecule has 0 aliphatic heterocycles. The molecule has 2 aromatic carbocycles. The topological polar surface area (TPSA) is 55.4 Å². The number of halogens is 3. The first-order valence-corrected chi connectivity index (χ1v) is 7.95. The molecule has 2 rings (SSSR count). The Balaban J connectivity index is 2.02. The Morgan fingerprint density at radius 2 is 1.76 bits per heavy atom. The van der Waals surface area contributed by atoms with Crippen molar-refractivity contribution in [2.45, 2.75) is 26.4 Å². The van der Waals surface area contributed by atoms with Crippen LogP contribution in [-0.4, -0.2) is 18.0 Å². The van der Waals surface area contributed by atoms with E-state index < -0.39 is 29.6 Å². The standard InChI is InChI=1S/C18H16ClF2NO3/c1-3-11-4-6-12(7-5-11)22-17(23)10(2)25-18(24)13-8-15(20)16(21)9-14(13)19/h4-10H,3H2,1-2H3,(H,22,23)/t10-/m1/s1. The number of anilines is 1. The Labute approximate surface area is 148 Å². The van der Waals surface area contributed by atoms with Gasteiger partial charge in [-0.3, -0.25) is 4.79 Å². The van der Waals surface area contributed by atoms with Crippen molar-refractivity contribution in [1.29, 1.82) is 0 Å². The smallest absolute Gasteiger partial charge is 0.340 e. The van der Waals surface area contributed by atoms with E-state index in [1.165, 1.54) is 6.92 Å². The molecule has 0 aliphatic rings. The summed E-state index contributed by atoms with van der Waals surface area (Å²) in [6, 6.07) is 8.51. The second kappa shape index (κ2) is 8.07. The van der Waals surface area contributed by atoms with Crippen molar-refractivity contribution >= 4 is 29.2 Å². The molecular formula is C18H16ClF2NO3. The van der Waals surface area contributed by atoms with Crippen LogP contribution in [0.5, 0.6) is 0 Å². The van der Waals surface area contributed by atoms with Crippen molar-refractivity contribution in [3.63, 3.8) is 0 Å². The van der Waals surface area contributed by atoms with Crippen LogP contribution in [0.2, 0.25) is 5.02 Å². The maximum Gasteiger partial charge on any atom is 0.340 e. The Morgan fingerprint density at radius 3 is 2.36 bits per heavy atom. The molecule has 0 unspecified atom stereocenters. The van der Waals surface area contributed by atoms with Crippen LogP contribution in [0.25, 0.3) is 0 Å². The van der Waals surface area contributed by atoms with Crippen LogP contribution in [0, 0.1) is 11.6 Å². The van der Waals surface area contributed by atoms with Crippen molar-refractivity contribution in [1.82, 2.24) is 0 Å². The molecule has 7 heteroatoms. The van der Waals surface area contributed by atoms with E-state index in [0.717, 1.165) is 12.0 Å². The van der Waals surface area contributed by atoms with E-state index in [1.54, 1.807) is 12.1 Å². The first-order chi connectivity index (χ1) is 11.8. The monoisotopic (exact) mass is 367 g/mol. The number of hydrogen-bond donors (Lipinski definition) is 1. The average molecular weight is 368 g/mol. The van der Waals surface area contributed by atoms with E-state index >= 15 is 0 Å². The number of ether oxygens (including phenoxy) is 1. The second-order valence-corrected chi connectivity index (χ2v) is 5.74. The molecule has 0 heterocycles. The SMILES string of the molecule is CCc1ccc(NC(=O)[C@@H](C)OC(=O)c2cc(F)c(F)cc2Cl)cc1. The van der Waals surface area contributed by atoms with E-state index in [9.17, 15) is 18.4 Å². The molecule has 132 valence electrons. The molecule has 0 aromatic heterocycles. The molecule has 1 amide bonds. The zero-order chi connectivity index (χ0) is 18.6. The maximum absolute atomic E-state index is 13.2. The number of aryl methyl sites for hydroxylation is 1. The summed E-state index contributed by atoms with van der Waals surface area (Å²) in [5, 5.41) is 2.30. The van der Waals surface area contributed by atoms with Gasteiger partial charge in [0.1, 0.15) is 0 Å². The fourth-order valence-corrected chi connectivity index (χ4v) is 2.25. The van der Waals surface area contributed by atoms with Gasteiger partial charge in [-0.1, -0.05) is 30.7 Å². The predicted molar refractivity (Wildman–Crippen MR) is 90.7 cm³/mol. The number of hydrogen-bond acceptors (Lipinski definition) is 3. The van der Waals surface area contributed by atoms with Crippen LogP contribution >= 0.6 is 11.6 Å². The quantitative estimate of drug-likeness (QED) is 0.631. The summed E-state index contributed by atoms with van der Waals surface area (Å²) in [4.78, 5) is 24.1. The number of carbonyl (C=O) groups excluding carboxylic acids is 2. The van der Waals surface area contributed by atoms with Crippen LogP contribution in [-0.2, 0) is 16.0 Å². The molecule has 1 atom stereocenters. The number of rotatable bonds is 5. The minimum atomic E-state index is -1.23. The van der Waals surface area contributed by atoms with Gasteiger partial charge in [-0.2, -0.15) is 0 Å². The van der Waals surface area contributed by atoms with E-state index in [0.29, 0.717) is 17.8 Å². The lowest BCUT2D eigenvalue weighted by Crippen LogP contribution is -2.30. The first kappa shape index (κ1) is 18.9. The van der Waals surface area contributed by atoms with Gasteiger partial charge in [-0.25, -0.2) is 13.6 Å². The van der Waals surface area contributed by atoms with Gasteiger partial charge in [0.25, 0.3) is 5.91 Å². The molecule has 0 spiro atoms. The van der Waals surface area contributed by atoms with Crippen LogP contribution in [0.1, 0.15) is 29.8 Å². The fraction of sp³-hybridized carbons (Fsp3) is 0.222. The van der Waals surface area contributed by atoms with Gasteiger partial charge in [0, 0.05) is 5.69 Å². The third-order valence-corrected chi connectivity index (χ3v) is 3.83. The summed E-state index contributed by atoms with van der Waals surface area (Å²) in [6.45, 7) is 3.37. The third-order valence-electron chi connectivity index (χ3n) is 3.51. The Bertz CT molecular complexity index is 794. The lowest BCUT2D eigenvalue weighted by Gasteiger charge is -2.14. The molecule has 0 bridgehead atoms. The van der Waals surface area contributed by atoms with Gasteiger partial charge in [0.15, 0.2) is 17.7 Å². The molecule has 25 heavy (non-hydrogen) atoms. The summed E-state index contributed by atoms with van der Waals surface area (Å²) in [7, 11) is 0. The molecule has 4 nitrogen and oxygen atoms in total. The molecule has 2 aromatic rings. The average Bonchev–Trinajstić information content (AvgIpc) is 2.58. The van der Waals surface area contributed by atoms with Crippen molar-refractivity contribution in [2.24, 2.45) is 0 Å². The van der Waals surface area contributed by atoms with Crippen molar-refractivity contribution in [3.05, 3.63) is 64.2 Å². The first-order valence-electron chi connectivity index (χ1n) is 7.57. The Morgan fingerprint density at radius 1 is 1.16 bits per heavy atom. The van der Waals surface area contributed by atoms with E-state index in [1.807, 2.05) is 19.1 Å². The number of benzene rings is 2. The normalized spacial score (nSPS) is 11.7. The van der Waals surface area contributed by atoms with Crippen molar-refractivity contribution in [2.75, 3.05) is 5.32 Å². The van der Waals surface area contributed by atoms with E-state index in [-0.39, 0.29) is 10.6 Å². The number of amides is 1. The van der Waals surface area contributed by atoms with Gasteiger partial charge < -0.3 is 10.1 Å². The predicted octanol–water partition coefficient (Wildman–Crippen LogP) is 4.36. The van der Waals surface area contributed by atoms with Crippen LogP contribution in [0.4, 0.5) is 14.5 Å². The fourth-order valence-electron chi connectivity index (χ4n) is 2.02. The highest BCUT2D eigenvalue weighted by atomic mass is 35.5. The van der Waals surface area contributed by atoms with Gasteiger partial charge in [0.05, 0.1) is 10.6 Å². The summed E-state index contributed by atoms with van der Waals surface area (Å²) in [6.07, 6.45) is -0.278. The summed E-state index contributed by atoms with van der Waals surface area (Å²) >= 11 is 5.71. The summed E-state index contributed by atoms with van der Waals surface area (Å²) in [5.41, 5.74) is 1.31. The Kier molecular flexibility index (Phi) is 6.09. The number of nitrogens with one attached hydrogen (secondary N) is 1. The summed E-state index contributed by atoms with van der Waals surface area (Å²) in [5.74, 6) is -3.99. The van der Waals surface area contributed by atoms with Gasteiger partial charge in [0.2, 0.25) is 0 Å². The third kappa shape index (κ3) is 4.76. The highest BCUT2D eigenvalue weighted by Gasteiger charge is 2.22. The molecule has 0 saturated heterocycles. The lowest BCUT2D eigenvalue weighted by molar-refractivity contribution is -0.123. The molecular weight excluding hydrogens is 352 g/mol. The van der Waals surface area contributed by atoms with Crippen LogP contribution < -0.4 is 5.32 Å². The number of esters is 1. The highest BCUT2D eigenvalue weighted by Crippen LogP contribution is 2.21. The summed E-state index contributed by atoms with van der Waals surface area (Å²) < 4.78 is 31.2. The molecule has 0 saturated carbocycles. The molecule has 0 fully saturated rings. The maximum atomic E-state index is 13.2. The van der Waals surface area contributed by atoms with E-state index in [2.05, 4.69) is 5.32 Å². The van der Waals surface area contributed by atoms with Crippen molar-refractivity contribution < 1.29 is 23.1 Å². The van der Waals surface area contributed by atoms with Gasteiger partial charge in [-0.05, 0) is 43.2 Å². The van der Waals surface area contributed by atoms with Crippen molar-refractivity contribution in [3.8, 4) is 0 Å². The Hall–Kier alpha value is -2.47. The lowest BCUT2D eigenvalue weighted by atomic mass is 10.1. The van der Waals surface area contributed by atoms with Gasteiger partial charge in [-0.15, -0.1) is 0 Å². The second-order valence-electron chi connectivity index (χ2n) is 5.33. The molecule has 0 aliphatic carbocycles. The van der Waals surface area contributed by atoms with Gasteiger partial charge >= 0.3 is 5.97 Å². The highest BCUT2D eigenvalue weighted by molar-refractivity contribution is 6.33. The molecule has 1 N–H and O–H groups in total. The van der Waals surface area contributed by atoms with Crippen LogP contribution in [0.3, 0.4) is 0 Å².